The van der Waals surface area contributed by atoms with Crippen LogP contribution in [0.5, 0.6) is 0 Å². The highest BCUT2D eigenvalue weighted by molar-refractivity contribution is 5.66. The minimum atomic E-state index is -4.55. The number of hydrogen-bond acceptors (Lipinski definition) is 3. The average Bonchev–Trinajstić information content (AvgIpc) is 2.68. The summed E-state index contributed by atoms with van der Waals surface area (Å²) in [6.45, 7) is 8.01. The second-order valence-electron chi connectivity index (χ2n) is 10.9. The summed E-state index contributed by atoms with van der Waals surface area (Å²) in [4.78, 5) is 12.6. The number of carboxylic acids is 1. The number of rotatable bonds is 7. The van der Waals surface area contributed by atoms with Crippen molar-refractivity contribution in [1.82, 2.24) is 10.2 Å². The minimum Gasteiger partial charge on any atom is -0.481 e. The monoisotopic (exact) mass is 488 g/mol. The molecular weight excluding hydrogens is 455 g/mol. The number of hydrogen-bond donors (Lipinski definition) is 2. The molecule has 2 N–H and O–H groups in total. The average molecular weight is 489 g/mol. The minimum absolute atomic E-state index is 0.122. The van der Waals surface area contributed by atoms with Gasteiger partial charge in [-0.05, 0) is 53.9 Å². The third-order valence-corrected chi connectivity index (χ3v) is 6.81. The normalized spacial score (nSPS) is 23.4. The van der Waals surface area contributed by atoms with Crippen LogP contribution < -0.4 is 5.32 Å². The molecule has 0 radical (unpaired) electrons. The number of carbonyl (C=O) groups is 1. The predicted molar refractivity (Wildman–Crippen MR) is 119 cm³/mol. The zero-order valence-corrected chi connectivity index (χ0v) is 20.0. The van der Waals surface area contributed by atoms with Gasteiger partial charge >= 0.3 is 12.1 Å². The highest BCUT2D eigenvalue weighted by Gasteiger charge is 2.51. The van der Waals surface area contributed by atoms with E-state index in [0.29, 0.717) is 17.6 Å². The van der Waals surface area contributed by atoms with Gasteiger partial charge in [-0.15, -0.1) is 0 Å². The zero-order chi connectivity index (χ0) is 25.5. The molecule has 0 aromatic heterocycles. The van der Waals surface area contributed by atoms with Gasteiger partial charge in [-0.25, -0.2) is 8.78 Å². The van der Waals surface area contributed by atoms with Gasteiger partial charge in [-0.2, -0.15) is 13.2 Å². The Bertz CT molecular complexity index is 944. The fourth-order valence-corrected chi connectivity index (χ4v) is 4.66. The Morgan fingerprint density at radius 1 is 1.21 bits per heavy atom. The Kier molecular flexibility index (Phi) is 7.10. The highest BCUT2D eigenvalue weighted by atomic mass is 19.4. The molecular formula is C25H33F5N2O2. The second-order valence-corrected chi connectivity index (χ2v) is 10.9. The van der Waals surface area contributed by atoms with Gasteiger partial charge < -0.3 is 10.0 Å². The predicted octanol–water partition coefficient (Wildman–Crippen LogP) is 6.17. The van der Waals surface area contributed by atoms with Gasteiger partial charge in [-0.3, -0.25) is 10.1 Å². The van der Waals surface area contributed by atoms with Crippen LogP contribution >= 0.6 is 0 Å². The van der Waals surface area contributed by atoms with Gasteiger partial charge in [0.15, 0.2) is 0 Å². The Labute approximate surface area is 197 Å². The second kappa shape index (κ2) is 9.13. The third-order valence-electron chi connectivity index (χ3n) is 6.81. The Morgan fingerprint density at radius 3 is 2.38 bits per heavy atom. The number of nitrogens with one attached hydrogen (secondary N) is 1. The topological polar surface area (TPSA) is 52.6 Å². The summed E-state index contributed by atoms with van der Waals surface area (Å²) < 4.78 is 69.5. The molecule has 0 spiro atoms. The number of aliphatic carboxylic acids is 1. The summed E-state index contributed by atoms with van der Waals surface area (Å²) in [6, 6.07) is 4.29. The summed E-state index contributed by atoms with van der Waals surface area (Å²) in [5.41, 5.74) is -0.769. The van der Waals surface area contributed by atoms with Gasteiger partial charge in [0.1, 0.15) is 0 Å². The van der Waals surface area contributed by atoms with Crippen LogP contribution in [0, 0.1) is 11.3 Å². The molecule has 1 heterocycles. The first-order valence-electron chi connectivity index (χ1n) is 11.5. The smallest absolute Gasteiger partial charge is 0.416 e. The molecule has 0 unspecified atom stereocenters. The van der Waals surface area contributed by atoms with Crippen molar-refractivity contribution in [2.45, 2.75) is 77.4 Å². The lowest BCUT2D eigenvalue weighted by Gasteiger charge is -2.48. The van der Waals surface area contributed by atoms with E-state index in [4.69, 9.17) is 5.11 Å². The largest absolute Gasteiger partial charge is 0.481 e. The fraction of sp³-hybridized carbons (Fsp3) is 0.640. The maximum atomic E-state index is 14.0. The molecule has 1 saturated carbocycles. The Hall–Kier alpha value is -2.16. The van der Waals surface area contributed by atoms with Crippen LogP contribution in [0.4, 0.5) is 22.0 Å². The van der Waals surface area contributed by atoms with Crippen molar-refractivity contribution in [3.8, 4) is 0 Å². The third kappa shape index (κ3) is 6.09. The number of nitrogens with zero attached hydrogens (tertiary/aromatic N) is 1. The van der Waals surface area contributed by atoms with E-state index in [9.17, 15) is 26.7 Å². The van der Waals surface area contributed by atoms with E-state index in [0.717, 1.165) is 6.07 Å². The molecule has 9 heteroatoms. The quantitative estimate of drug-likeness (QED) is 0.451. The van der Waals surface area contributed by atoms with Crippen molar-refractivity contribution < 1.29 is 31.9 Å². The molecule has 190 valence electrons. The van der Waals surface area contributed by atoms with Gasteiger partial charge in [0, 0.05) is 25.6 Å². The van der Waals surface area contributed by atoms with E-state index in [1.807, 2.05) is 20.8 Å². The summed E-state index contributed by atoms with van der Waals surface area (Å²) in [5.74, 6) is -4.29. The standard InChI is InChI=1S/C25H33F5N2O2/c1-22(2,3)9-7-16-5-6-18(11-19(16)25(28,29)30)23(4)20(17-12-24(26,27)13-17)14-32(15-31-23)10-8-21(33)34/h5-6,11,14,17,31H,7-10,12-13,15H2,1-4H3,(H,33,34)/t23-/m0/s1. The molecule has 1 aromatic carbocycles. The molecule has 2 aliphatic rings. The summed E-state index contributed by atoms with van der Waals surface area (Å²) in [5, 5.41) is 12.2. The molecule has 0 bridgehead atoms. The lowest BCUT2D eigenvalue weighted by molar-refractivity contribution is -0.138. The van der Waals surface area contributed by atoms with E-state index in [1.54, 1.807) is 24.1 Å². The lowest BCUT2D eigenvalue weighted by Crippen LogP contribution is -2.54. The summed E-state index contributed by atoms with van der Waals surface area (Å²) >= 11 is 0. The highest BCUT2D eigenvalue weighted by Crippen LogP contribution is 2.51. The van der Waals surface area contributed by atoms with Crippen LogP contribution in [0.25, 0.3) is 0 Å². The van der Waals surface area contributed by atoms with Crippen molar-refractivity contribution in [1.29, 1.82) is 0 Å². The maximum absolute atomic E-state index is 14.0. The van der Waals surface area contributed by atoms with Crippen molar-refractivity contribution >= 4 is 5.97 Å². The first kappa shape index (κ1) is 26.4. The van der Waals surface area contributed by atoms with E-state index in [2.05, 4.69) is 5.32 Å². The van der Waals surface area contributed by atoms with Gasteiger partial charge in [0.05, 0.1) is 24.2 Å². The molecule has 1 aliphatic heterocycles. The van der Waals surface area contributed by atoms with Crippen molar-refractivity contribution in [2.24, 2.45) is 11.3 Å². The van der Waals surface area contributed by atoms with Gasteiger partial charge in [-0.1, -0.05) is 32.9 Å². The van der Waals surface area contributed by atoms with Crippen molar-refractivity contribution in [3.05, 3.63) is 46.7 Å². The molecule has 4 nitrogen and oxygen atoms in total. The maximum Gasteiger partial charge on any atom is 0.416 e. The number of carboxylic acid groups (broad SMARTS) is 1. The molecule has 0 amide bonds. The fourth-order valence-electron chi connectivity index (χ4n) is 4.66. The van der Waals surface area contributed by atoms with Gasteiger partial charge in [0.2, 0.25) is 5.92 Å². The molecule has 1 aliphatic carbocycles. The van der Waals surface area contributed by atoms with E-state index in [1.165, 1.54) is 6.07 Å². The zero-order valence-electron chi connectivity index (χ0n) is 20.0. The molecule has 0 saturated heterocycles. The molecule has 1 atom stereocenters. The SMILES string of the molecule is CC(C)(C)CCc1ccc([C@]2(C)NCN(CCC(=O)O)C=C2C2CC(F)(F)C2)cc1C(F)(F)F. The summed E-state index contributed by atoms with van der Waals surface area (Å²) in [6.07, 6.45) is -2.90. The number of aryl methyl sites for hydroxylation is 1. The van der Waals surface area contributed by atoms with Crippen LogP contribution in [0.3, 0.4) is 0 Å². The summed E-state index contributed by atoms with van der Waals surface area (Å²) in [7, 11) is 0. The van der Waals surface area contributed by atoms with Crippen molar-refractivity contribution in [2.75, 3.05) is 13.2 Å². The number of benzene rings is 1. The Morgan fingerprint density at radius 2 is 1.85 bits per heavy atom. The molecule has 34 heavy (non-hydrogen) atoms. The van der Waals surface area contributed by atoms with Crippen LogP contribution in [-0.2, 0) is 22.9 Å². The first-order chi connectivity index (χ1) is 15.5. The van der Waals surface area contributed by atoms with E-state index < -0.39 is 35.1 Å². The van der Waals surface area contributed by atoms with E-state index in [-0.39, 0.29) is 49.9 Å². The Balaban J connectivity index is 1.99. The van der Waals surface area contributed by atoms with E-state index >= 15 is 0 Å². The van der Waals surface area contributed by atoms with Gasteiger partial charge in [0.25, 0.3) is 0 Å². The van der Waals surface area contributed by atoms with Crippen molar-refractivity contribution in [3.63, 3.8) is 0 Å². The molecule has 1 fully saturated rings. The molecule has 1 aromatic rings. The van der Waals surface area contributed by atoms with Crippen LogP contribution in [-0.4, -0.2) is 35.1 Å². The molecule has 3 rings (SSSR count). The first-order valence-corrected chi connectivity index (χ1v) is 11.5. The van der Waals surface area contributed by atoms with Crippen LogP contribution in [0.15, 0.2) is 30.0 Å². The lowest BCUT2D eigenvalue weighted by atomic mass is 9.67. The number of alkyl halides is 5. The van der Waals surface area contributed by atoms with Crippen LogP contribution in [0.1, 0.15) is 70.1 Å². The number of halogens is 5. The van der Waals surface area contributed by atoms with Crippen LogP contribution in [0.2, 0.25) is 0 Å².